The van der Waals surface area contributed by atoms with Crippen LogP contribution in [0.4, 0.5) is 0 Å². The van der Waals surface area contributed by atoms with Crippen LogP contribution < -0.4 is 5.32 Å². The first-order chi connectivity index (χ1) is 11.2. The van der Waals surface area contributed by atoms with Gasteiger partial charge in [-0.3, -0.25) is 4.79 Å². The fourth-order valence-electron chi connectivity index (χ4n) is 2.12. The van der Waals surface area contributed by atoms with Crippen molar-refractivity contribution >= 4 is 21.8 Å². The Morgan fingerprint density at radius 3 is 2.78 bits per heavy atom. The van der Waals surface area contributed by atoms with E-state index in [0.29, 0.717) is 18.5 Å². The third kappa shape index (κ3) is 4.04. The number of halogens is 1. The van der Waals surface area contributed by atoms with Gasteiger partial charge in [-0.25, -0.2) is 4.98 Å². The lowest BCUT2D eigenvalue weighted by Gasteiger charge is -2.03. The maximum absolute atomic E-state index is 11.9. The Morgan fingerprint density at radius 2 is 2.00 bits per heavy atom. The SMILES string of the molecule is O=C(NCCc1cc(-c2ccnc(Br)c2)no1)c1ccccc1. The molecule has 0 aliphatic heterocycles. The van der Waals surface area contributed by atoms with Crippen LogP contribution in [0.2, 0.25) is 0 Å². The van der Waals surface area contributed by atoms with Crippen LogP contribution >= 0.6 is 15.9 Å². The summed E-state index contributed by atoms with van der Waals surface area (Å²) in [5.41, 5.74) is 2.32. The number of nitrogens with one attached hydrogen (secondary N) is 1. The van der Waals surface area contributed by atoms with Crippen molar-refractivity contribution in [3.05, 3.63) is 70.7 Å². The van der Waals surface area contributed by atoms with Crippen LogP contribution in [0.5, 0.6) is 0 Å². The van der Waals surface area contributed by atoms with E-state index < -0.39 is 0 Å². The van der Waals surface area contributed by atoms with Crippen molar-refractivity contribution in [1.29, 1.82) is 0 Å². The van der Waals surface area contributed by atoms with Gasteiger partial charge in [0.25, 0.3) is 5.91 Å². The number of nitrogens with zero attached hydrogens (tertiary/aromatic N) is 2. The van der Waals surface area contributed by atoms with Crippen LogP contribution in [0, 0.1) is 0 Å². The molecule has 0 fully saturated rings. The molecule has 1 aromatic carbocycles. The van der Waals surface area contributed by atoms with E-state index in [2.05, 4.69) is 31.4 Å². The Balaban J connectivity index is 1.57. The van der Waals surface area contributed by atoms with Gasteiger partial charge in [0.15, 0.2) is 0 Å². The first-order valence-corrected chi connectivity index (χ1v) is 7.92. The zero-order valence-electron chi connectivity index (χ0n) is 12.2. The van der Waals surface area contributed by atoms with Gasteiger partial charge in [0, 0.05) is 36.4 Å². The van der Waals surface area contributed by atoms with Gasteiger partial charge >= 0.3 is 0 Å². The maximum Gasteiger partial charge on any atom is 0.251 e. The normalized spacial score (nSPS) is 10.5. The molecule has 2 aromatic heterocycles. The zero-order chi connectivity index (χ0) is 16.1. The number of hydrogen-bond donors (Lipinski definition) is 1. The summed E-state index contributed by atoms with van der Waals surface area (Å²) in [7, 11) is 0. The molecular weight excluding hydrogens is 358 g/mol. The number of pyridine rings is 1. The van der Waals surface area contributed by atoms with Gasteiger partial charge in [-0.2, -0.15) is 0 Å². The Kier molecular flexibility index (Phi) is 4.83. The predicted octanol–water partition coefficient (Wildman–Crippen LogP) is 3.47. The summed E-state index contributed by atoms with van der Waals surface area (Å²) in [5.74, 6) is 0.629. The summed E-state index contributed by atoms with van der Waals surface area (Å²) in [6, 6.07) is 14.7. The fourth-order valence-corrected chi connectivity index (χ4v) is 2.48. The van der Waals surface area contributed by atoms with E-state index in [1.807, 2.05) is 36.4 Å². The second kappa shape index (κ2) is 7.19. The quantitative estimate of drug-likeness (QED) is 0.697. The molecule has 1 N–H and O–H groups in total. The van der Waals surface area contributed by atoms with Crippen molar-refractivity contribution in [2.75, 3.05) is 6.54 Å². The number of benzene rings is 1. The molecular formula is C17H14BrN3O2. The van der Waals surface area contributed by atoms with Crippen LogP contribution in [0.25, 0.3) is 11.3 Å². The Hall–Kier alpha value is -2.47. The molecule has 0 unspecified atom stereocenters. The number of aromatic nitrogens is 2. The highest BCUT2D eigenvalue weighted by Crippen LogP contribution is 2.21. The molecule has 0 radical (unpaired) electrons. The zero-order valence-corrected chi connectivity index (χ0v) is 13.8. The van der Waals surface area contributed by atoms with Crippen molar-refractivity contribution in [1.82, 2.24) is 15.5 Å². The molecule has 1 amide bonds. The fraction of sp³-hybridized carbons (Fsp3) is 0.118. The summed E-state index contributed by atoms with van der Waals surface area (Å²) in [5, 5.41) is 6.91. The van der Waals surface area contributed by atoms with E-state index in [9.17, 15) is 4.79 Å². The van der Waals surface area contributed by atoms with Gasteiger partial charge in [-0.05, 0) is 40.2 Å². The van der Waals surface area contributed by atoms with Crippen LogP contribution in [-0.4, -0.2) is 22.6 Å². The molecule has 0 aliphatic rings. The summed E-state index contributed by atoms with van der Waals surface area (Å²) in [6.07, 6.45) is 2.28. The molecule has 3 rings (SSSR count). The number of hydrogen-bond acceptors (Lipinski definition) is 4. The molecule has 2 heterocycles. The molecule has 6 heteroatoms. The maximum atomic E-state index is 11.9. The van der Waals surface area contributed by atoms with Crippen molar-refractivity contribution in [2.45, 2.75) is 6.42 Å². The van der Waals surface area contributed by atoms with Gasteiger partial charge in [-0.1, -0.05) is 23.4 Å². The summed E-state index contributed by atoms with van der Waals surface area (Å²) in [4.78, 5) is 16.0. The minimum absolute atomic E-state index is 0.0941. The molecule has 23 heavy (non-hydrogen) atoms. The smallest absolute Gasteiger partial charge is 0.251 e. The monoisotopic (exact) mass is 371 g/mol. The summed E-state index contributed by atoms with van der Waals surface area (Å²) < 4.78 is 6.05. The van der Waals surface area contributed by atoms with Crippen LogP contribution in [0.1, 0.15) is 16.1 Å². The largest absolute Gasteiger partial charge is 0.361 e. The average Bonchev–Trinajstić information content (AvgIpc) is 3.04. The first kappa shape index (κ1) is 15.4. The molecule has 0 spiro atoms. The molecule has 116 valence electrons. The standard InChI is InChI=1S/C17H14BrN3O2/c18-16-10-13(6-8-19-16)15-11-14(23-21-15)7-9-20-17(22)12-4-2-1-3-5-12/h1-6,8,10-11H,7,9H2,(H,20,22). The van der Waals surface area contributed by atoms with Crippen molar-refractivity contribution < 1.29 is 9.32 Å². The lowest BCUT2D eigenvalue weighted by Crippen LogP contribution is -2.25. The Bertz CT molecular complexity index is 802. The summed E-state index contributed by atoms with van der Waals surface area (Å²) in [6.45, 7) is 0.488. The second-order valence-corrected chi connectivity index (χ2v) is 5.73. The van der Waals surface area contributed by atoms with Gasteiger partial charge in [0.05, 0.1) is 0 Å². The lowest BCUT2D eigenvalue weighted by atomic mass is 10.2. The number of carbonyl (C=O) groups excluding carboxylic acids is 1. The minimum atomic E-state index is -0.0941. The third-order valence-electron chi connectivity index (χ3n) is 3.27. The highest BCUT2D eigenvalue weighted by atomic mass is 79.9. The minimum Gasteiger partial charge on any atom is -0.361 e. The molecule has 0 aliphatic carbocycles. The Labute approximate surface area is 141 Å². The van der Waals surface area contributed by atoms with Crippen LogP contribution in [0.15, 0.2) is 63.9 Å². The highest BCUT2D eigenvalue weighted by molar-refractivity contribution is 9.10. The van der Waals surface area contributed by atoms with Gasteiger partial charge < -0.3 is 9.84 Å². The van der Waals surface area contributed by atoms with Crippen molar-refractivity contribution in [3.8, 4) is 11.3 Å². The van der Waals surface area contributed by atoms with Crippen LogP contribution in [0.3, 0.4) is 0 Å². The van der Waals surface area contributed by atoms with E-state index in [1.165, 1.54) is 0 Å². The predicted molar refractivity (Wildman–Crippen MR) is 89.9 cm³/mol. The topological polar surface area (TPSA) is 68.0 Å². The van der Waals surface area contributed by atoms with Crippen molar-refractivity contribution in [3.63, 3.8) is 0 Å². The van der Waals surface area contributed by atoms with E-state index in [0.717, 1.165) is 21.6 Å². The molecule has 0 atom stereocenters. The third-order valence-corrected chi connectivity index (χ3v) is 3.71. The van der Waals surface area contributed by atoms with E-state index in [1.54, 1.807) is 18.3 Å². The average molecular weight is 372 g/mol. The van der Waals surface area contributed by atoms with E-state index >= 15 is 0 Å². The molecule has 3 aromatic rings. The lowest BCUT2D eigenvalue weighted by molar-refractivity contribution is 0.0953. The number of amides is 1. The van der Waals surface area contributed by atoms with Gasteiger partial charge in [0.1, 0.15) is 16.1 Å². The van der Waals surface area contributed by atoms with Crippen molar-refractivity contribution in [2.24, 2.45) is 0 Å². The number of carbonyl (C=O) groups is 1. The van der Waals surface area contributed by atoms with E-state index in [-0.39, 0.29) is 5.91 Å². The number of rotatable bonds is 5. The molecule has 0 bridgehead atoms. The molecule has 0 saturated carbocycles. The second-order valence-electron chi connectivity index (χ2n) is 4.92. The Morgan fingerprint density at radius 1 is 1.17 bits per heavy atom. The molecule has 0 saturated heterocycles. The van der Waals surface area contributed by atoms with Gasteiger partial charge in [0.2, 0.25) is 0 Å². The highest BCUT2D eigenvalue weighted by Gasteiger charge is 2.08. The molecule has 5 nitrogen and oxygen atoms in total. The van der Waals surface area contributed by atoms with Gasteiger partial charge in [-0.15, -0.1) is 0 Å². The summed E-state index contributed by atoms with van der Waals surface area (Å²) >= 11 is 3.33. The first-order valence-electron chi connectivity index (χ1n) is 7.13. The van der Waals surface area contributed by atoms with E-state index in [4.69, 9.17) is 4.52 Å². The van der Waals surface area contributed by atoms with Crippen LogP contribution in [-0.2, 0) is 6.42 Å².